The average molecular weight is 318 g/mol. The van der Waals surface area contributed by atoms with Gasteiger partial charge < -0.3 is 5.73 Å². The normalized spacial score (nSPS) is 13.8. The molecule has 5 nitrogen and oxygen atoms in total. The van der Waals surface area contributed by atoms with E-state index in [1.54, 1.807) is 18.2 Å². The monoisotopic (exact) mass is 317 g/mol. The number of rotatable bonds is 1. The number of amides is 2. The van der Waals surface area contributed by atoms with E-state index in [1.807, 2.05) is 0 Å². The number of pyridine rings is 1. The number of hydrogen-bond acceptors (Lipinski definition) is 4. The number of nitrogens with two attached hydrogens (primary N) is 1. The predicted octanol–water partition coefficient (Wildman–Crippen LogP) is 2.23. The molecule has 0 saturated carbocycles. The van der Waals surface area contributed by atoms with Crippen LogP contribution in [0.5, 0.6) is 0 Å². The molecular weight excluding hydrogens is 310 g/mol. The third-order valence-corrected chi connectivity index (χ3v) is 3.65. The molecule has 2 N–H and O–H groups in total. The molecule has 0 bridgehead atoms. The van der Waals surface area contributed by atoms with Crippen molar-refractivity contribution in [2.75, 3.05) is 10.6 Å². The molecule has 2 aromatic rings. The number of halogens is 1. The minimum absolute atomic E-state index is 0.314. The van der Waals surface area contributed by atoms with Crippen LogP contribution >= 0.6 is 15.9 Å². The molecule has 2 heterocycles. The van der Waals surface area contributed by atoms with Gasteiger partial charge in [-0.15, -0.1) is 0 Å². The first-order valence-electron chi connectivity index (χ1n) is 5.47. The number of benzene rings is 1. The molecule has 0 saturated heterocycles. The van der Waals surface area contributed by atoms with Gasteiger partial charge in [0.05, 0.1) is 16.8 Å². The fraction of sp³-hybridized carbons (Fsp3) is 0. The molecule has 3 rings (SSSR count). The smallest absolute Gasteiger partial charge is 0.267 e. The summed E-state index contributed by atoms with van der Waals surface area (Å²) in [6, 6.07) is 6.49. The van der Waals surface area contributed by atoms with Gasteiger partial charge in [0.15, 0.2) is 0 Å². The van der Waals surface area contributed by atoms with Crippen molar-refractivity contribution in [2.45, 2.75) is 0 Å². The van der Waals surface area contributed by atoms with Crippen LogP contribution in [-0.4, -0.2) is 16.8 Å². The number of imide groups is 1. The standard InChI is InChI=1S/C13H8BrN3O2/c14-10-2-1-7(5-11(10)15)17-12(18)8-3-4-16-6-9(8)13(17)19/h1-6H,15H2. The second-order valence-electron chi connectivity index (χ2n) is 4.07. The third-order valence-electron chi connectivity index (χ3n) is 2.93. The van der Waals surface area contributed by atoms with Crippen molar-refractivity contribution in [1.29, 1.82) is 0 Å². The van der Waals surface area contributed by atoms with Gasteiger partial charge in [0.2, 0.25) is 0 Å². The van der Waals surface area contributed by atoms with E-state index < -0.39 is 0 Å². The van der Waals surface area contributed by atoms with Crippen LogP contribution in [0.25, 0.3) is 0 Å². The maximum absolute atomic E-state index is 12.2. The Kier molecular flexibility index (Phi) is 2.60. The Labute approximate surface area is 117 Å². The summed E-state index contributed by atoms with van der Waals surface area (Å²) >= 11 is 3.27. The van der Waals surface area contributed by atoms with Crippen molar-refractivity contribution in [3.05, 3.63) is 52.3 Å². The Morgan fingerprint density at radius 2 is 1.84 bits per heavy atom. The molecule has 0 atom stereocenters. The second-order valence-corrected chi connectivity index (χ2v) is 4.93. The molecule has 0 fully saturated rings. The minimum atomic E-state index is -0.380. The van der Waals surface area contributed by atoms with Gasteiger partial charge in [0, 0.05) is 22.6 Å². The first-order chi connectivity index (χ1) is 9.09. The largest absolute Gasteiger partial charge is 0.398 e. The zero-order valence-electron chi connectivity index (χ0n) is 9.63. The number of nitrogen functional groups attached to an aromatic ring is 1. The summed E-state index contributed by atoms with van der Waals surface area (Å²) in [5.41, 5.74) is 7.37. The maximum Gasteiger partial charge on any atom is 0.267 e. The minimum Gasteiger partial charge on any atom is -0.398 e. The molecule has 19 heavy (non-hydrogen) atoms. The van der Waals surface area contributed by atoms with E-state index in [-0.39, 0.29) is 11.8 Å². The van der Waals surface area contributed by atoms with E-state index in [0.717, 1.165) is 9.37 Å². The van der Waals surface area contributed by atoms with Gasteiger partial charge in [-0.2, -0.15) is 0 Å². The molecule has 2 amide bonds. The second kappa shape index (κ2) is 4.17. The topological polar surface area (TPSA) is 76.3 Å². The molecule has 0 spiro atoms. The highest BCUT2D eigenvalue weighted by Gasteiger charge is 2.36. The Hall–Kier alpha value is -2.21. The third kappa shape index (κ3) is 1.72. The van der Waals surface area contributed by atoms with Crippen LogP contribution in [0.2, 0.25) is 0 Å². The lowest BCUT2D eigenvalue weighted by atomic mass is 10.2. The van der Waals surface area contributed by atoms with E-state index in [9.17, 15) is 9.59 Å². The fourth-order valence-electron chi connectivity index (χ4n) is 1.99. The molecule has 6 heteroatoms. The van der Waals surface area contributed by atoms with Crippen molar-refractivity contribution in [2.24, 2.45) is 0 Å². The molecule has 1 aliphatic heterocycles. The molecule has 1 aliphatic rings. The zero-order valence-corrected chi connectivity index (χ0v) is 11.2. The molecular formula is C13H8BrN3O2. The Morgan fingerprint density at radius 1 is 1.11 bits per heavy atom. The van der Waals surface area contributed by atoms with Gasteiger partial charge in [-0.3, -0.25) is 14.6 Å². The summed E-state index contributed by atoms with van der Waals surface area (Å²) in [4.78, 5) is 29.4. The van der Waals surface area contributed by atoms with Crippen LogP contribution in [0.15, 0.2) is 41.1 Å². The van der Waals surface area contributed by atoms with Crippen LogP contribution in [-0.2, 0) is 0 Å². The molecule has 1 aromatic heterocycles. The Bertz CT molecular complexity index is 680. The van der Waals surface area contributed by atoms with Gasteiger partial charge in [0.25, 0.3) is 11.8 Å². The number of hydrogen-bond donors (Lipinski definition) is 1. The van der Waals surface area contributed by atoms with Crippen molar-refractivity contribution in [3.63, 3.8) is 0 Å². The highest BCUT2D eigenvalue weighted by Crippen LogP contribution is 2.31. The molecule has 0 unspecified atom stereocenters. The van der Waals surface area contributed by atoms with E-state index in [0.29, 0.717) is 22.5 Å². The van der Waals surface area contributed by atoms with Crippen LogP contribution in [0, 0.1) is 0 Å². The summed E-state index contributed by atoms with van der Waals surface area (Å²) < 4.78 is 0.717. The van der Waals surface area contributed by atoms with E-state index in [1.165, 1.54) is 18.5 Å². The fourth-order valence-corrected chi connectivity index (χ4v) is 2.24. The summed E-state index contributed by atoms with van der Waals surface area (Å²) in [6.07, 6.45) is 2.89. The lowest BCUT2D eigenvalue weighted by Crippen LogP contribution is -2.29. The summed E-state index contributed by atoms with van der Waals surface area (Å²) in [6.45, 7) is 0. The predicted molar refractivity (Wildman–Crippen MR) is 73.9 cm³/mol. The van der Waals surface area contributed by atoms with Crippen molar-refractivity contribution >= 4 is 39.1 Å². The summed E-state index contributed by atoms with van der Waals surface area (Å²) in [5.74, 6) is -0.737. The summed E-state index contributed by atoms with van der Waals surface area (Å²) in [7, 11) is 0. The molecule has 94 valence electrons. The molecule has 0 radical (unpaired) electrons. The first-order valence-corrected chi connectivity index (χ1v) is 6.26. The zero-order chi connectivity index (χ0) is 13.6. The number of carbonyl (C=O) groups excluding carboxylic acids is 2. The number of carbonyl (C=O) groups is 2. The van der Waals surface area contributed by atoms with Crippen LogP contribution in [0.3, 0.4) is 0 Å². The van der Waals surface area contributed by atoms with E-state index in [2.05, 4.69) is 20.9 Å². The summed E-state index contributed by atoms with van der Waals surface area (Å²) in [5, 5.41) is 0. The molecule has 0 aliphatic carbocycles. The van der Waals surface area contributed by atoms with Crippen molar-refractivity contribution in [1.82, 2.24) is 4.98 Å². The van der Waals surface area contributed by atoms with Gasteiger partial charge >= 0.3 is 0 Å². The number of anilines is 2. The van der Waals surface area contributed by atoms with Crippen molar-refractivity contribution < 1.29 is 9.59 Å². The average Bonchev–Trinajstić information content (AvgIpc) is 2.66. The first kappa shape index (κ1) is 11.9. The Morgan fingerprint density at radius 3 is 2.53 bits per heavy atom. The lowest BCUT2D eigenvalue weighted by Gasteiger charge is -2.14. The maximum atomic E-state index is 12.2. The molecule has 1 aromatic carbocycles. The van der Waals surface area contributed by atoms with Gasteiger partial charge in [0.1, 0.15) is 0 Å². The van der Waals surface area contributed by atoms with Gasteiger partial charge in [-0.05, 0) is 40.2 Å². The number of nitrogens with zero attached hydrogens (tertiary/aromatic N) is 2. The van der Waals surface area contributed by atoms with Crippen LogP contribution in [0.4, 0.5) is 11.4 Å². The van der Waals surface area contributed by atoms with E-state index >= 15 is 0 Å². The van der Waals surface area contributed by atoms with Crippen LogP contribution < -0.4 is 10.6 Å². The van der Waals surface area contributed by atoms with Crippen LogP contribution in [0.1, 0.15) is 20.7 Å². The SMILES string of the molecule is Nc1cc(N2C(=O)c3ccncc3C2=O)ccc1Br. The number of aromatic nitrogens is 1. The highest BCUT2D eigenvalue weighted by molar-refractivity contribution is 9.10. The quantitative estimate of drug-likeness (QED) is 0.646. The lowest BCUT2D eigenvalue weighted by molar-refractivity contribution is 0.0926. The van der Waals surface area contributed by atoms with Gasteiger partial charge in [-0.1, -0.05) is 0 Å². The highest BCUT2D eigenvalue weighted by atomic mass is 79.9. The Balaban J connectivity index is 2.11. The number of fused-ring (bicyclic) bond motifs is 1. The van der Waals surface area contributed by atoms with Gasteiger partial charge in [-0.25, -0.2) is 4.90 Å². The van der Waals surface area contributed by atoms with Crippen molar-refractivity contribution in [3.8, 4) is 0 Å². The van der Waals surface area contributed by atoms with E-state index in [4.69, 9.17) is 5.73 Å².